The molecule has 0 bridgehead atoms. The van der Waals surface area contributed by atoms with Crippen molar-refractivity contribution in [2.75, 3.05) is 0 Å². The zero-order chi connectivity index (χ0) is 17.5. The Morgan fingerprint density at radius 2 is 1.75 bits per heavy atom. The topological polar surface area (TPSA) is 58.2 Å². The summed E-state index contributed by atoms with van der Waals surface area (Å²) in [6.45, 7) is 3.50. The second-order valence-electron chi connectivity index (χ2n) is 5.74. The molecule has 0 unspecified atom stereocenters. The summed E-state index contributed by atoms with van der Waals surface area (Å²) in [5.41, 5.74) is 2.39. The molecular formula is C19H21FN2O2. The zero-order valence-electron chi connectivity index (χ0n) is 13.8. The van der Waals surface area contributed by atoms with Gasteiger partial charge in [-0.05, 0) is 18.6 Å². The molecule has 0 saturated carbocycles. The number of halogens is 1. The van der Waals surface area contributed by atoms with Gasteiger partial charge < -0.3 is 10.6 Å². The number of amides is 2. The molecule has 24 heavy (non-hydrogen) atoms. The minimum absolute atomic E-state index is 0.0943. The molecule has 0 spiro atoms. The fourth-order valence-corrected chi connectivity index (χ4v) is 2.39. The molecule has 0 saturated heterocycles. The first-order valence-electron chi connectivity index (χ1n) is 7.79. The van der Waals surface area contributed by atoms with Gasteiger partial charge in [0.05, 0.1) is 12.5 Å². The number of hydrogen-bond acceptors (Lipinski definition) is 2. The van der Waals surface area contributed by atoms with Crippen molar-refractivity contribution >= 4 is 11.8 Å². The van der Waals surface area contributed by atoms with Crippen LogP contribution in [0.1, 0.15) is 36.1 Å². The van der Waals surface area contributed by atoms with Gasteiger partial charge in [-0.25, -0.2) is 4.39 Å². The van der Waals surface area contributed by atoms with E-state index < -0.39 is 6.04 Å². The second kappa shape index (κ2) is 8.24. The van der Waals surface area contributed by atoms with Gasteiger partial charge in [-0.1, -0.05) is 48.0 Å². The number of hydrogen-bond donors (Lipinski definition) is 2. The maximum absolute atomic E-state index is 13.6. The van der Waals surface area contributed by atoms with Crippen molar-refractivity contribution in [2.45, 2.75) is 32.9 Å². The van der Waals surface area contributed by atoms with Crippen molar-refractivity contribution in [2.24, 2.45) is 0 Å². The average Bonchev–Trinajstić information content (AvgIpc) is 2.54. The van der Waals surface area contributed by atoms with E-state index in [0.717, 1.165) is 11.1 Å². The van der Waals surface area contributed by atoms with Gasteiger partial charge >= 0.3 is 0 Å². The van der Waals surface area contributed by atoms with E-state index >= 15 is 0 Å². The van der Waals surface area contributed by atoms with Crippen LogP contribution in [0.25, 0.3) is 0 Å². The molecule has 2 aromatic rings. The number of nitrogens with one attached hydrogen (secondary N) is 2. The number of benzene rings is 2. The number of rotatable bonds is 6. The van der Waals surface area contributed by atoms with Crippen molar-refractivity contribution in [3.05, 3.63) is 71.0 Å². The van der Waals surface area contributed by atoms with Crippen LogP contribution < -0.4 is 10.6 Å². The van der Waals surface area contributed by atoms with Crippen LogP contribution in [0.2, 0.25) is 0 Å². The molecule has 0 radical (unpaired) electrons. The predicted octanol–water partition coefficient (Wildman–Crippen LogP) is 3.02. The lowest BCUT2D eigenvalue weighted by molar-refractivity contribution is -0.122. The summed E-state index contributed by atoms with van der Waals surface area (Å²) in [5, 5.41) is 5.48. The summed E-state index contributed by atoms with van der Waals surface area (Å²) in [7, 11) is 0. The lowest BCUT2D eigenvalue weighted by Crippen LogP contribution is -2.32. The molecule has 0 heterocycles. The monoisotopic (exact) mass is 328 g/mol. The van der Waals surface area contributed by atoms with Crippen LogP contribution in [-0.2, 0) is 16.1 Å². The quantitative estimate of drug-likeness (QED) is 0.856. The Labute approximate surface area is 141 Å². The van der Waals surface area contributed by atoms with Gasteiger partial charge in [0, 0.05) is 19.0 Å². The van der Waals surface area contributed by atoms with E-state index in [1.807, 2.05) is 31.2 Å². The fourth-order valence-electron chi connectivity index (χ4n) is 2.39. The maximum atomic E-state index is 13.6. The minimum Gasteiger partial charge on any atom is -0.352 e. The third-order valence-electron chi connectivity index (χ3n) is 3.68. The van der Waals surface area contributed by atoms with Crippen LogP contribution >= 0.6 is 0 Å². The van der Waals surface area contributed by atoms with E-state index in [-0.39, 0.29) is 30.6 Å². The van der Waals surface area contributed by atoms with Crippen LogP contribution in [0.15, 0.2) is 48.5 Å². The third-order valence-corrected chi connectivity index (χ3v) is 3.68. The van der Waals surface area contributed by atoms with Crippen LogP contribution in [0.3, 0.4) is 0 Å². The van der Waals surface area contributed by atoms with Crippen LogP contribution in [-0.4, -0.2) is 11.8 Å². The smallest absolute Gasteiger partial charge is 0.222 e. The zero-order valence-corrected chi connectivity index (χ0v) is 13.8. The number of carbonyl (C=O) groups excluding carboxylic acids is 2. The van der Waals surface area contributed by atoms with Gasteiger partial charge in [-0.2, -0.15) is 0 Å². The highest BCUT2D eigenvalue weighted by molar-refractivity contribution is 5.79. The Kier molecular flexibility index (Phi) is 6.07. The summed E-state index contributed by atoms with van der Waals surface area (Å²) in [6, 6.07) is 13.5. The predicted molar refractivity (Wildman–Crippen MR) is 90.6 cm³/mol. The third kappa shape index (κ3) is 5.19. The summed E-state index contributed by atoms with van der Waals surface area (Å²) in [6.07, 6.45) is 0.0943. The summed E-state index contributed by atoms with van der Waals surface area (Å²) < 4.78 is 13.6. The Hall–Kier alpha value is -2.69. The second-order valence-corrected chi connectivity index (χ2v) is 5.74. The Bertz CT molecular complexity index is 714. The van der Waals surface area contributed by atoms with Gasteiger partial charge in [0.2, 0.25) is 11.8 Å². The molecule has 0 aliphatic heterocycles. The molecule has 2 amide bonds. The van der Waals surface area contributed by atoms with E-state index in [9.17, 15) is 14.0 Å². The molecule has 1 atom stereocenters. The number of carbonyl (C=O) groups is 2. The highest BCUT2D eigenvalue weighted by atomic mass is 19.1. The number of aryl methyl sites for hydroxylation is 1. The molecule has 4 nitrogen and oxygen atoms in total. The summed E-state index contributed by atoms with van der Waals surface area (Å²) in [5.74, 6) is -0.810. The molecule has 126 valence electrons. The molecular weight excluding hydrogens is 307 g/mol. The maximum Gasteiger partial charge on any atom is 0.222 e. The Balaban J connectivity index is 2.00. The van der Waals surface area contributed by atoms with Crippen molar-refractivity contribution in [1.82, 2.24) is 10.6 Å². The van der Waals surface area contributed by atoms with Crippen molar-refractivity contribution in [1.29, 1.82) is 0 Å². The molecule has 2 rings (SSSR count). The highest BCUT2D eigenvalue weighted by Gasteiger charge is 2.17. The van der Waals surface area contributed by atoms with Crippen molar-refractivity contribution in [3.63, 3.8) is 0 Å². The van der Waals surface area contributed by atoms with E-state index in [1.54, 1.807) is 18.2 Å². The van der Waals surface area contributed by atoms with Crippen LogP contribution in [0.5, 0.6) is 0 Å². The lowest BCUT2D eigenvalue weighted by atomic mass is 10.0. The molecule has 0 fully saturated rings. The highest BCUT2D eigenvalue weighted by Crippen LogP contribution is 2.18. The Morgan fingerprint density at radius 3 is 2.38 bits per heavy atom. The van der Waals surface area contributed by atoms with E-state index in [1.165, 1.54) is 13.0 Å². The van der Waals surface area contributed by atoms with Crippen LogP contribution in [0.4, 0.5) is 4.39 Å². The van der Waals surface area contributed by atoms with E-state index in [4.69, 9.17) is 0 Å². The van der Waals surface area contributed by atoms with Gasteiger partial charge in [0.15, 0.2) is 0 Å². The average molecular weight is 328 g/mol. The standard InChI is InChI=1S/C19H21FN2O2/c1-13-7-9-15(10-8-13)18(22-14(2)23)11-19(24)21-12-16-5-3-4-6-17(16)20/h3-10,18H,11-12H2,1-2H3,(H,21,24)(H,22,23)/t18-/m1/s1. The van der Waals surface area contributed by atoms with Crippen molar-refractivity contribution < 1.29 is 14.0 Å². The minimum atomic E-state index is -0.413. The molecule has 2 aromatic carbocycles. The summed E-state index contributed by atoms with van der Waals surface area (Å²) in [4.78, 5) is 23.6. The van der Waals surface area contributed by atoms with Gasteiger partial charge in [0.25, 0.3) is 0 Å². The SMILES string of the molecule is CC(=O)N[C@H](CC(=O)NCc1ccccc1F)c1ccc(C)cc1. The first kappa shape index (κ1) is 17.7. The molecule has 0 aliphatic carbocycles. The van der Waals surface area contributed by atoms with Crippen molar-refractivity contribution in [3.8, 4) is 0 Å². The molecule has 2 N–H and O–H groups in total. The lowest BCUT2D eigenvalue weighted by Gasteiger charge is -2.18. The largest absolute Gasteiger partial charge is 0.352 e. The molecule has 5 heteroatoms. The molecule has 0 aliphatic rings. The normalized spacial score (nSPS) is 11.6. The van der Waals surface area contributed by atoms with E-state index in [0.29, 0.717) is 5.56 Å². The summed E-state index contributed by atoms with van der Waals surface area (Å²) >= 11 is 0. The first-order chi connectivity index (χ1) is 11.5. The van der Waals surface area contributed by atoms with E-state index in [2.05, 4.69) is 10.6 Å². The van der Waals surface area contributed by atoms with Gasteiger partial charge in [-0.3, -0.25) is 9.59 Å². The Morgan fingerprint density at radius 1 is 1.08 bits per heavy atom. The van der Waals surface area contributed by atoms with Crippen LogP contribution in [0, 0.1) is 12.7 Å². The van der Waals surface area contributed by atoms with Gasteiger partial charge in [-0.15, -0.1) is 0 Å². The first-order valence-corrected chi connectivity index (χ1v) is 7.79. The van der Waals surface area contributed by atoms with Gasteiger partial charge in [0.1, 0.15) is 5.82 Å². The fraction of sp³-hybridized carbons (Fsp3) is 0.263. The molecule has 0 aromatic heterocycles.